The molecule has 3 rings (SSSR count). The molecule has 142 valence electrons. The van der Waals surface area contributed by atoms with Crippen molar-refractivity contribution in [1.82, 2.24) is 9.80 Å². The lowest BCUT2D eigenvalue weighted by Gasteiger charge is -2.43. The van der Waals surface area contributed by atoms with Crippen molar-refractivity contribution in [2.24, 2.45) is 0 Å². The van der Waals surface area contributed by atoms with Gasteiger partial charge in [0.25, 0.3) is 5.91 Å². The second-order valence-electron chi connectivity index (χ2n) is 6.89. The molecule has 0 spiro atoms. The highest BCUT2D eigenvalue weighted by Gasteiger charge is 2.34. The number of rotatable bonds is 3. The minimum atomic E-state index is -0.600. The summed E-state index contributed by atoms with van der Waals surface area (Å²) >= 11 is 6.01. The molecule has 1 aromatic carbocycles. The lowest BCUT2D eigenvalue weighted by Crippen LogP contribution is -2.53. The summed E-state index contributed by atoms with van der Waals surface area (Å²) in [6.45, 7) is 3.93. The Morgan fingerprint density at radius 2 is 1.77 bits per heavy atom. The smallest absolute Gasteiger partial charge is 0.258 e. The van der Waals surface area contributed by atoms with E-state index in [0.717, 1.165) is 12.8 Å². The van der Waals surface area contributed by atoms with Gasteiger partial charge in [-0.2, -0.15) is 0 Å². The zero-order valence-electron chi connectivity index (χ0n) is 14.9. The molecule has 0 bridgehead atoms. The summed E-state index contributed by atoms with van der Waals surface area (Å²) in [7, 11) is 0. The van der Waals surface area contributed by atoms with Gasteiger partial charge < -0.3 is 14.5 Å². The molecule has 26 heavy (non-hydrogen) atoms. The zero-order valence-corrected chi connectivity index (χ0v) is 15.7. The maximum absolute atomic E-state index is 14.0. The van der Waals surface area contributed by atoms with Gasteiger partial charge in [0.05, 0.1) is 10.6 Å². The van der Waals surface area contributed by atoms with Crippen LogP contribution in [0.2, 0.25) is 5.02 Å². The van der Waals surface area contributed by atoms with Crippen LogP contribution in [0.3, 0.4) is 0 Å². The number of hydrogen-bond acceptors (Lipinski definition) is 3. The quantitative estimate of drug-likeness (QED) is 0.807. The highest BCUT2D eigenvalue weighted by molar-refractivity contribution is 6.33. The lowest BCUT2D eigenvalue weighted by molar-refractivity contribution is -0.137. The Morgan fingerprint density at radius 3 is 2.35 bits per heavy atom. The van der Waals surface area contributed by atoms with Crippen LogP contribution < -0.4 is 0 Å². The molecule has 2 fully saturated rings. The monoisotopic (exact) mass is 382 g/mol. The minimum absolute atomic E-state index is 0.0684. The van der Waals surface area contributed by atoms with E-state index in [1.54, 1.807) is 11.8 Å². The van der Waals surface area contributed by atoms with E-state index < -0.39 is 5.82 Å². The number of likely N-dealkylation sites (tertiary alicyclic amines) is 1. The fraction of sp³-hybridized carbons (Fsp3) is 0.579. The van der Waals surface area contributed by atoms with Crippen LogP contribution in [0.25, 0.3) is 0 Å². The van der Waals surface area contributed by atoms with Crippen molar-refractivity contribution >= 4 is 23.4 Å². The number of benzene rings is 1. The van der Waals surface area contributed by atoms with E-state index in [9.17, 15) is 14.0 Å². The van der Waals surface area contributed by atoms with E-state index in [1.165, 1.54) is 18.2 Å². The number of nitrogens with zero attached hydrogens (tertiary/aromatic N) is 2. The van der Waals surface area contributed by atoms with Crippen molar-refractivity contribution in [1.29, 1.82) is 0 Å². The van der Waals surface area contributed by atoms with Crippen molar-refractivity contribution in [3.05, 3.63) is 34.6 Å². The van der Waals surface area contributed by atoms with Crippen molar-refractivity contribution in [3.63, 3.8) is 0 Å². The van der Waals surface area contributed by atoms with Gasteiger partial charge in [0, 0.05) is 45.3 Å². The van der Waals surface area contributed by atoms with Crippen LogP contribution in [-0.2, 0) is 9.53 Å². The van der Waals surface area contributed by atoms with Crippen LogP contribution in [-0.4, -0.2) is 60.0 Å². The molecular formula is C19H24ClFN2O3. The first-order chi connectivity index (χ1) is 12.5. The molecule has 5 nitrogen and oxygen atoms in total. The molecule has 2 amide bonds. The summed E-state index contributed by atoms with van der Waals surface area (Å²) in [6, 6.07) is 4.56. The maximum Gasteiger partial charge on any atom is 0.258 e. The third-order valence-corrected chi connectivity index (χ3v) is 5.58. The molecule has 0 atom stereocenters. The summed E-state index contributed by atoms with van der Waals surface area (Å²) in [5, 5.41) is 0.129. The molecular weight excluding hydrogens is 359 g/mol. The third kappa shape index (κ3) is 4.01. The highest BCUT2D eigenvalue weighted by atomic mass is 35.5. The molecule has 7 heteroatoms. The van der Waals surface area contributed by atoms with Gasteiger partial charge in [-0.05, 0) is 37.8 Å². The molecule has 0 aromatic heterocycles. The van der Waals surface area contributed by atoms with E-state index in [4.69, 9.17) is 16.3 Å². The van der Waals surface area contributed by atoms with Crippen LogP contribution in [0.4, 0.5) is 4.39 Å². The van der Waals surface area contributed by atoms with Crippen molar-refractivity contribution in [3.8, 4) is 0 Å². The standard InChI is InChI=1S/C19H24ClFN2O3/c1-13(24)23(15-7-11-26-12-8-15)14-5-9-22(10-6-14)19(25)18-16(20)3-2-4-17(18)21/h2-4,14-15H,5-12H2,1H3. The Labute approximate surface area is 158 Å². The first kappa shape index (κ1) is 19.1. The number of carbonyl (C=O) groups is 2. The fourth-order valence-corrected chi connectivity index (χ4v) is 4.23. The van der Waals surface area contributed by atoms with Crippen LogP contribution >= 0.6 is 11.6 Å². The first-order valence-electron chi connectivity index (χ1n) is 9.09. The van der Waals surface area contributed by atoms with Gasteiger partial charge in [0.15, 0.2) is 0 Å². The highest BCUT2D eigenvalue weighted by Crippen LogP contribution is 2.26. The Morgan fingerprint density at radius 1 is 1.15 bits per heavy atom. The molecule has 2 aliphatic heterocycles. The predicted octanol–water partition coefficient (Wildman–Crippen LogP) is 3.11. The van der Waals surface area contributed by atoms with Gasteiger partial charge >= 0.3 is 0 Å². The van der Waals surface area contributed by atoms with E-state index >= 15 is 0 Å². The SMILES string of the molecule is CC(=O)N(C1CCOCC1)C1CCN(C(=O)c2c(F)cccc2Cl)CC1. The van der Waals surface area contributed by atoms with Gasteiger partial charge in [0.1, 0.15) is 5.82 Å². The first-order valence-corrected chi connectivity index (χ1v) is 9.46. The van der Waals surface area contributed by atoms with Crippen LogP contribution in [0.15, 0.2) is 18.2 Å². The van der Waals surface area contributed by atoms with Gasteiger partial charge in [-0.15, -0.1) is 0 Å². The van der Waals surface area contributed by atoms with Crippen LogP contribution in [0.5, 0.6) is 0 Å². The van der Waals surface area contributed by atoms with Crippen LogP contribution in [0.1, 0.15) is 43.0 Å². The molecule has 2 aliphatic rings. The molecule has 0 N–H and O–H groups in total. The third-order valence-electron chi connectivity index (χ3n) is 5.27. The molecule has 0 aliphatic carbocycles. The summed E-state index contributed by atoms with van der Waals surface area (Å²) < 4.78 is 19.4. The summed E-state index contributed by atoms with van der Waals surface area (Å²) in [5.41, 5.74) is -0.0690. The van der Waals surface area contributed by atoms with Crippen molar-refractivity contribution in [2.75, 3.05) is 26.3 Å². The van der Waals surface area contributed by atoms with E-state index in [0.29, 0.717) is 39.1 Å². The summed E-state index contributed by atoms with van der Waals surface area (Å²) in [4.78, 5) is 28.5. The second-order valence-corrected chi connectivity index (χ2v) is 7.30. The summed E-state index contributed by atoms with van der Waals surface area (Å²) in [5.74, 6) is -0.914. The average Bonchev–Trinajstić information content (AvgIpc) is 2.63. The predicted molar refractivity (Wildman–Crippen MR) is 96.7 cm³/mol. The second kappa shape index (κ2) is 8.35. The van der Waals surface area contributed by atoms with Gasteiger partial charge in [-0.3, -0.25) is 9.59 Å². The number of hydrogen-bond donors (Lipinski definition) is 0. The molecule has 0 saturated carbocycles. The van der Waals surface area contributed by atoms with Crippen molar-refractivity contribution in [2.45, 2.75) is 44.7 Å². The number of ether oxygens (including phenoxy) is 1. The van der Waals surface area contributed by atoms with Gasteiger partial charge in [0.2, 0.25) is 5.91 Å². The fourth-order valence-electron chi connectivity index (χ4n) is 3.98. The Balaban J connectivity index is 1.66. The largest absolute Gasteiger partial charge is 0.381 e. The average molecular weight is 383 g/mol. The van der Waals surface area contributed by atoms with E-state index in [2.05, 4.69) is 0 Å². The molecule has 1 aromatic rings. The van der Waals surface area contributed by atoms with Crippen LogP contribution in [0, 0.1) is 5.82 Å². The molecule has 0 radical (unpaired) electrons. The Kier molecular flexibility index (Phi) is 6.14. The zero-order chi connectivity index (χ0) is 18.7. The Bertz CT molecular complexity index is 650. The maximum atomic E-state index is 14.0. The van der Waals surface area contributed by atoms with Crippen molar-refractivity contribution < 1.29 is 18.7 Å². The molecule has 2 heterocycles. The minimum Gasteiger partial charge on any atom is -0.381 e. The number of carbonyl (C=O) groups excluding carboxylic acids is 2. The summed E-state index contributed by atoms with van der Waals surface area (Å²) in [6.07, 6.45) is 3.08. The lowest BCUT2D eigenvalue weighted by atomic mass is 9.97. The van der Waals surface area contributed by atoms with E-state index in [-0.39, 0.29) is 34.5 Å². The Hall–Kier alpha value is -1.66. The van der Waals surface area contributed by atoms with Gasteiger partial charge in [-0.1, -0.05) is 17.7 Å². The molecule has 0 unspecified atom stereocenters. The topological polar surface area (TPSA) is 49.9 Å². The number of amides is 2. The molecule has 2 saturated heterocycles. The number of halogens is 2. The number of piperidine rings is 1. The van der Waals surface area contributed by atoms with Gasteiger partial charge in [-0.25, -0.2) is 4.39 Å². The normalized spacial score (nSPS) is 19.4. The van der Waals surface area contributed by atoms with E-state index in [1.807, 2.05) is 4.90 Å².